The van der Waals surface area contributed by atoms with E-state index in [-0.39, 0.29) is 18.5 Å². The molecule has 6 nitrogen and oxygen atoms in total. The summed E-state index contributed by atoms with van der Waals surface area (Å²) in [4.78, 5) is 21.3. The molecule has 0 unspecified atom stereocenters. The molecule has 1 N–H and O–H groups in total. The molecule has 0 saturated heterocycles. The lowest BCUT2D eigenvalue weighted by Crippen LogP contribution is -2.30. The van der Waals surface area contributed by atoms with Gasteiger partial charge in [0.25, 0.3) is 11.8 Å². The first-order valence-electron chi connectivity index (χ1n) is 9.56. The maximum Gasteiger partial charge on any atom is 0.417 e. The first-order valence-corrected chi connectivity index (χ1v) is 9.56. The van der Waals surface area contributed by atoms with Gasteiger partial charge in [0.15, 0.2) is 5.82 Å². The van der Waals surface area contributed by atoms with Gasteiger partial charge >= 0.3 is 6.18 Å². The number of rotatable bonds is 5. The smallest absolute Gasteiger partial charge is 0.351 e. The Morgan fingerprint density at radius 1 is 1.16 bits per heavy atom. The molecular formula is C22H19F3N4O2. The van der Waals surface area contributed by atoms with Crippen molar-refractivity contribution in [3.8, 4) is 11.6 Å². The number of halogens is 3. The number of carbonyl (C=O) groups excluding carboxylic acids is 1. The predicted molar refractivity (Wildman–Crippen MR) is 108 cm³/mol. The van der Waals surface area contributed by atoms with Gasteiger partial charge in [0.1, 0.15) is 5.69 Å². The zero-order valence-corrected chi connectivity index (χ0v) is 16.8. The van der Waals surface area contributed by atoms with Gasteiger partial charge in [-0.1, -0.05) is 28.9 Å². The van der Waals surface area contributed by atoms with Gasteiger partial charge in [0.05, 0.1) is 11.1 Å². The van der Waals surface area contributed by atoms with Crippen molar-refractivity contribution in [2.45, 2.75) is 19.5 Å². The number of likely N-dealkylation sites (N-methyl/N-ethyl adjacent to an activating group) is 1. The number of aromatic nitrogens is 3. The summed E-state index contributed by atoms with van der Waals surface area (Å²) < 4.78 is 44.8. The number of carbonyl (C=O) groups is 1. The minimum Gasteiger partial charge on any atom is -0.351 e. The minimum atomic E-state index is -4.60. The van der Waals surface area contributed by atoms with E-state index in [4.69, 9.17) is 4.52 Å². The van der Waals surface area contributed by atoms with Crippen LogP contribution < -0.4 is 0 Å². The van der Waals surface area contributed by atoms with E-state index in [2.05, 4.69) is 15.1 Å². The van der Waals surface area contributed by atoms with Crippen LogP contribution in [0.4, 0.5) is 13.2 Å². The van der Waals surface area contributed by atoms with Gasteiger partial charge in [0.2, 0.25) is 0 Å². The molecule has 0 spiro atoms. The van der Waals surface area contributed by atoms with Crippen LogP contribution in [0.5, 0.6) is 0 Å². The number of hydrogen-bond acceptors (Lipinski definition) is 4. The molecule has 31 heavy (non-hydrogen) atoms. The summed E-state index contributed by atoms with van der Waals surface area (Å²) in [6.07, 6.45) is -4.37. The molecule has 0 aliphatic carbocycles. The lowest BCUT2D eigenvalue weighted by atomic mass is 10.1. The van der Waals surface area contributed by atoms with E-state index in [1.165, 1.54) is 30.1 Å². The minimum absolute atomic E-state index is 0.135. The number of nitrogens with one attached hydrogen (secondary N) is 1. The van der Waals surface area contributed by atoms with Crippen LogP contribution in [0.1, 0.15) is 27.3 Å². The van der Waals surface area contributed by atoms with Gasteiger partial charge in [-0.15, -0.1) is 0 Å². The molecule has 0 saturated carbocycles. The fraction of sp³-hybridized carbons (Fsp3) is 0.227. The Morgan fingerprint density at radius 3 is 2.71 bits per heavy atom. The average Bonchev–Trinajstić information content (AvgIpc) is 3.37. The second-order valence-corrected chi connectivity index (χ2v) is 7.31. The van der Waals surface area contributed by atoms with Crippen LogP contribution in [-0.4, -0.2) is 39.5 Å². The fourth-order valence-corrected chi connectivity index (χ4v) is 3.32. The zero-order chi connectivity index (χ0) is 22.2. The highest BCUT2D eigenvalue weighted by Gasteiger charge is 2.35. The molecule has 0 fully saturated rings. The Hall–Kier alpha value is -3.62. The van der Waals surface area contributed by atoms with Crippen molar-refractivity contribution in [1.82, 2.24) is 20.0 Å². The number of fused-ring (bicyclic) bond motifs is 1. The summed E-state index contributed by atoms with van der Waals surface area (Å²) in [5.41, 5.74) is 1.39. The van der Waals surface area contributed by atoms with Crippen molar-refractivity contribution in [3.63, 3.8) is 0 Å². The summed E-state index contributed by atoms with van der Waals surface area (Å²) in [6, 6.07) is 12.6. The van der Waals surface area contributed by atoms with E-state index < -0.39 is 17.6 Å². The third-order valence-corrected chi connectivity index (χ3v) is 4.96. The molecular weight excluding hydrogens is 409 g/mol. The van der Waals surface area contributed by atoms with Crippen molar-refractivity contribution in [2.75, 3.05) is 13.6 Å². The Bertz CT molecular complexity index is 1240. The number of nitrogens with zero attached hydrogens (tertiary/aromatic N) is 3. The zero-order valence-electron chi connectivity index (χ0n) is 16.8. The Morgan fingerprint density at radius 2 is 1.94 bits per heavy atom. The first kappa shape index (κ1) is 20.6. The van der Waals surface area contributed by atoms with Crippen LogP contribution in [-0.2, 0) is 12.6 Å². The lowest BCUT2D eigenvalue weighted by Gasteiger charge is -2.19. The van der Waals surface area contributed by atoms with Gasteiger partial charge in [-0.05, 0) is 37.3 Å². The Kier molecular flexibility index (Phi) is 5.26. The van der Waals surface area contributed by atoms with Crippen molar-refractivity contribution < 1.29 is 22.5 Å². The van der Waals surface area contributed by atoms with Gasteiger partial charge in [-0.25, -0.2) is 0 Å². The second kappa shape index (κ2) is 7.90. The van der Waals surface area contributed by atoms with Gasteiger partial charge in [-0.3, -0.25) is 4.79 Å². The van der Waals surface area contributed by atoms with Crippen LogP contribution in [0.15, 0.2) is 53.1 Å². The van der Waals surface area contributed by atoms with E-state index >= 15 is 0 Å². The van der Waals surface area contributed by atoms with Crippen molar-refractivity contribution >= 4 is 16.8 Å². The Balaban J connectivity index is 1.45. The largest absolute Gasteiger partial charge is 0.417 e. The van der Waals surface area contributed by atoms with Crippen LogP contribution in [0.25, 0.3) is 22.5 Å². The number of alkyl halides is 3. The van der Waals surface area contributed by atoms with Crippen LogP contribution in [0.3, 0.4) is 0 Å². The normalized spacial score (nSPS) is 11.8. The highest BCUT2D eigenvalue weighted by molar-refractivity contribution is 5.95. The van der Waals surface area contributed by atoms with Crippen molar-refractivity contribution in [3.05, 3.63) is 71.0 Å². The standard InChI is InChI=1S/C22H19F3N4O2/c1-13-7-8-17-14(11-13)12-18(26-17)20-27-19(28-31-20)9-10-29(2)21(30)15-5-3-4-6-16(15)22(23,24)25/h3-8,11-12,26H,9-10H2,1-2H3. The molecule has 0 aliphatic rings. The molecule has 2 aromatic heterocycles. The van der Waals surface area contributed by atoms with E-state index in [0.29, 0.717) is 17.4 Å². The number of H-pyrrole nitrogens is 1. The molecule has 4 rings (SSSR count). The second-order valence-electron chi connectivity index (χ2n) is 7.31. The highest BCUT2D eigenvalue weighted by Crippen LogP contribution is 2.32. The third kappa shape index (κ3) is 4.30. The molecule has 1 amide bonds. The summed E-state index contributed by atoms with van der Waals surface area (Å²) in [7, 11) is 1.44. The van der Waals surface area contributed by atoms with E-state index in [1.807, 2.05) is 31.2 Å². The van der Waals surface area contributed by atoms with E-state index in [9.17, 15) is 18.0 Å². The van der Waals surface area contributed by atoms with Gasteiger partial charge < -0.3 is 14.4 Å². The summed E-state index contributed by atoms with van der Waals surface area (Å²) in [5.74, 6) is -0.0588. The van der Waals surface area contributed by atoms with Gasteiger partial charge in [0, 0.05) is 30.9 Å². The fourth-order valence-electron chi connectivity index (χ4n) is 3.32. The average molecular weight is 428 g/mol. The number of aryl methyl sites for hydroxylation is 1. The van der Waals surface area contributed by atoms with Crippen LogP contribution in [0.2, 0.25) is 0 Å². The quantitative estimate of drug-likeness (QED) is 0.493. The van der Waals surface area contributed by atoms with Gasteiger partial charge in [-0.2, -0.15) is 18.2 Å². The predicted octanol–water partition coefficient (Wildman–Crippen LogP) is 4.86. The summed E-state index contributed by atoms with van der Waals surface area (Å²) >= 11 is 0. The molecule has 0 atom stereocenters. The Labute approximate surface area is 175 Å². The van der Waals surface area contributed by atoms with E-state index in [0.717, 1.165) is 22.5 Å². The number of amides is 1. The van der Waals surface area contributed by atoms with Crippen LogP contribution >= 0.6 is 0 Å². The molecule has 2 aromatic carbocycles. The lowest BCUT2D eigenvalue weighted by molar-refractivity contribution is -0.138. The highest BCUT2D eigenvalue weighted by atomic mass is 19.4. The van der Waals surface area contributed by atoms with Crippen molar-refractivity contribution in [2.24, 2.45) is 0 Å². The third-order valence-electron chi connectivity index (χ3n) is 4.96. The maximum absolute atomic E-state index is 13.2. The van der Waals surface area contributed by atoms with Crippen LogP contribution in [0, 0.1) is 6.92 Å². The molecule has 2 heterocycles. The molecule has 9 heteroatoms. The number of hydrogen-bond donors (Lipinski definition) is 1. The summed E-state index contributed by atoms with van der Waals surface area (Å²) in [5, 5.41) is 4.93. The first-order chi connectivity index (χ1) is 14.7. The molecule has 0 bridgehead atoms. The van der Waals surface area contributed by atoms with E-state index in [1.54, 1.807) is 0 Å². The molecule has 0 radical (unpaired) electrons. The van der Waals surface area contributed by atoms with Crippen molar-refractivity contribution in [1.29, 1.82) is 0 Å². The molecule has 4 aromatic rings. The molecule has 0 aliphatic heterocycles. The SMILES string of the molecule is Cc1ccc2[nH]c(-c3nc(CCN(C)C(=O)c4ccccc4C(F)(F)F)no3)cc2c1. The maximum atomic E-state index is 13.2. The monoisotopic (exact) mass is 428 g/mol. The number of benzene rings is 2. The number of aromatic amines is 1. The summed E-state index contributed by atoms with van der Waals surface area (Å²) in [6.45, 7) is 2.14. The topological polar surface area (TPSA) is 75.0 Å². The molecule has 160 valence electrons.